The third-order valence-corrected chi connectivity index (χ3v) is 5.94. The van der Waals surface area contributed by atoms with Crippen LogP contribution in [0.25, 0.3) is 0 Å². The molecule has 6 heteroatoms. The van der Waals surface area contributed by atoms with E-state index >= 15 is 0 Å². The van der Waals surface area contributed by atoms with E-state index in [1.54, 1.807) is 13.8 Å². The van der Waals surface area contributed by atoms with Crippen molar-refractivity contribution in [1.29, 1.82) is 0 Å². The van der Waals surface area contributed by atoms with Gasteiger partial charge in [0.05, 0.1) is 5.92 Å². The van der Waals surface area contributed by atoms with E-state index in [2.05, 4.69) is 5.32 Å². The summed E-state index contributed by atoms with van der Waals surface area (Å²) >= 11 is 0. The van der Waals surface area contributed by atoms with E-state index in [1.165, 1.54) is 4.90 Å². The number of amides is 1. The largest absolute Gasteiger partial charge is 0.394 e. The predicted octanol–water partition coefficient (Wildman–Crippen LogP) is 2.57. The lowest BCUT2D eigenvalue weighted by Gasteiger charge is -2.37. The lowest BCUT2D eigenvalue weighted by molar-refractivity contribution is -0.192. The summed E-state index contributed by atoms with van der Waals surface area (Å²) in [6, 6.07) is 0. The van der Waals surface area contributed by atoms with Crippen molar-refractivity contribution in [2.75, 3.05) is 19.6 Å². The number of likely N-dealkylation sites (tertiary alicyclic amines) is 1. The second-order valence-corrected chi connectivity index (χ2v) is 7.40. The first kappa shape index (κ1) is 15.1. The number of rotatable bonds is 1. The number of piperidine rings is 1. The molecule has 2 heterocycles. The van der Waals surface area contributed by atoms with Gasteiger partial charge in [-0.1, -0.05) is 0 Å². The SMILES string of the molecule is CC1(C)C(C(F)(F)F)CCN1C(=O)C1CC12CCNCC2. The van der Waals surface area contributed by atoms with E-state index in [0.717, 1.165) is 32.4 Å². The smallest absolute Gasteiger partial charge is 0.337 e. The van der Waals surface area contributed by atoms with Crippen molar-refractivity contribution < 1.29 is 18.0 Å². The zero-order valence-corrected chi connectivity index (χ0v) is 12.6. The Bertz CT molecular complexity index is 441. The van der Waals surface area contributed by atoms with Gasteiger partial charge in [-0.25, -0.2) is 0 Å². The summed E-state index contributed by atoms with van der Waals surface area (Å²) in [7, 11) is 0. The molecule has 0 aromatic carbocycles. The van der Waals surface area contributed by atoms with Crippen LogP contribution in [0.1, 0.15) is 39.5 Å². The van der Waals surface area contributed by atoms with Crippen LogP contribution in [0.5, 0.6) is 0 Å². The second-order valence-electron chi connectivity index (χ2n) is 7.40. The number of alkyl halides is 3. The molecule has 1 amide bonds. The molecule has 120 valence electrons. The minimum absolute atomic E-state index is 0.0313. The molecule has 21 heavy (non-hydrogen) atoms. The number of carbonyl (C=O) groups is 1. The van der Waals surface area contributed by atoms with Gasteiger partial charge in [-0.15, -0.1) is 0 Å². The fourth-order valence-electron chi connectivity index (χ4n) is 4.41. The van der Waals surface area contributed by atoms with Crippen LogP contribution in [0.2, 0.25) is 0 Å². The number of nitrogens with zero attached hydrogens (tertiary/aromatic N) is 1. The lowest BCUT2D eigenvalue weighted by atomic mass is 9.87. The molecule has 3 rings (SSSR count). The Balaban J connectivity index is 1.72. The van der Waals surface area contributed by atoms with Crippen LogP contribution in [0.3, 0.4) is 0 Å². The van der Waals surface area contributed by atoms with Crippen LogP contribution in [0.4, 0.5) is 13.2 Å². The van der Waals surface area contributed by atoms with E-state index in [4.69, 9.17) is 0 Å². The molecule has 2 saturated heterocycles. The summed E-state index contributed by atoms with van der Waals surface area (Å²) in [5.41, 5.74) is -1.04. The van der Waals surface area contributed by atoms with Crippen LogP contribution in [-0.2, 0) is 4.79 Å². The lowest BCUT2D eigenvalue weighted by Crippen LogP contribution is -2.50. The minimum atomic E-state index is -4.23. The zero-order valence-electron chi connectivity index (χ0n) is 12.6. The minimum Gasteiger partial charge on any atom is -0.337 e. The Morgan fingerprint density at radius 1 is 1.24 bits per heavy atom. The van der Waals surface area contributed by atoms with Crippen molar-refractivity contribution in [1.82, 2.24) is 10.2 Å². The van der Waals surface area contributed by atoms with Crippen molar-refractivity contribution in [2.24, 2.45) is 17.3 Å². The van der Waals surface area contributed by atoms with Crippen LogP contribution < -0.4 is 5.32 Å². The van der Waals surface area contributed by atoms with Gasteiger partial charge in [-0.3, -0.25) is 4.79 Å². The van der Waals surface area contributed by atoms with Crippen molar-refractivity contribution in [3.63, 3.8) is 0 Å². The fraction of sp³-hybridized carbons (Fsp3) is 0.933. The molecule has 1 saturated carbocycles. The molecule has 1 spiro atoms. The van der Waals surface area contributed by atoms with E-state index in [0.29, 0.717) is 0 Å². The quantitative estimate of drug-likeness (QED) is 0.807. The van der Waals surface area contributed by atoms with Gasteiger partial charge in [0.15, 0.2) is 0 Å². The topological polar surface area (TPSA) is 32.3 Å². The van der Waals surface area contributed by atoms with Crippen LogP contribution in [-0.4, -0.2) is 42.2 Å². The van der Waals surface area contributed by atoms with E-state index < -0.39 is 17.6 Å². The summed E-state index contributed by atoms with van der Waals surface area (Å²) < 4.78 is 39.3. The summed E-state index contributed by atoms with van der Waals surface area (Å²) in [5.74, 6) is -1.50. The van der Waals surface area contributed by atoms with Gasteiger partial charge in [0, 0.05) is 18.0 Å². The third kappa shape index (κ3) is 2.35. The van der Waals surface area contributed by atoms with Crippen molar-refractivity contribution in [3.05, 3.63) is 0 Å². The first-order valence-electron chi connectivity index (χ1n) is 7.77. The standard InChI is InChI=1S/C15H23F3N2O/c1-13(2)11(15(16,17)18)3-8-20(13)12(21)10-9-14(10)4-6-19-7-5-14/h10-11,19H,3-9H2,1-2H3. The molecule has 1 N–H and O–H groups in total. The van der Waals surface area contributed by atoms with Gasteiger partial charge in [0.25, 0.3) is 0 Å². The maximum Gasteiger partial charge on any atom is 0.394 e. The average molecular weight is 304 g/mol. The Labute approximate surface area is 123 Å². The summed E-state index contributed by atoms with van der Waals surface area (Å²) in [6.07, 6.45) is -1.39. The van der Waals surface area contributed by atoms with E-state index in [-0.39, 0.29) is 30.2 Å². The van der Waals surface area contributed by atoms with Crippen LogP contribution >= 0.6 is 0 Å². The fourth-order valence-corrected chi connectivity index (χ4v) is 4.41. The molecule has 3 fully saturated rings. The Hall–Kier alpha value is -0.780. The maximum absolute atomic E-state index is 13.1. The average Bonchev–Trinajstić information content (AvgIpc) is 2.94. The Kier molecular flexibility index (Phi) is 3.32. The molecular weight excluding hydrogens is 281 g/mol. The summed E-state index contributed by atoms with van der Waals surface area (Å²) in [5, 5.41) is 3.28. The molecule has 1 aliphatic carbocycles. The third-order valence-electron chi connectivity index (χ3n) is 5.94. The number of carbonyl (C=O) groups excluding carboxylic acids is 1. The molecule has 2 unspecified atom stereocenters. The molecule has 0 aromatic rings. The predicted molar refractivity (Wildman–Crippen MR) is 72.6 cm³/mol. The van der Waals surface area contributed by atoms with Crippen molar-refractivity contribution in [2.45, 2.75) is 51.2 Å². The van der Waals surface area contributed by atoms with Crippen LogP contribution in [0.15, 0.2) is 0 Å². The molecule has 3 nitrogen and oxygen atoms in total. The Morgan fingerprint density at radius 3 is 2.38 bits per heavy atom. The number of hydrogen-bond donors (Lipinski definition) is 1. The number of halogens is 3. The van der Waals surface area contributed by atoms with Gasteiger partial charge in [-0.05, 0) is 58.0 Å². The monoisotopic (exact) mass is 304 g/mol. The van der Waals surface area contributed by atoms with Crippen molar-refractivity contribution in [3.8, 4) is 0 Å². The first-order chi connectivity index (χ1) is 9.68. The van der Waals surface area contributed by atoms with Gasteiger partial charge in [0.1, 0.15) is 0 Å². The molecule has 0 radical (unpaired) electrons. The highest BCUT2D eigenvalue weighted by Crippen LogP contribution is 2.60. The van der Waals surface area contributed by atoms with Crippen molar-refractivity contribution >= 4 is 5.91 Å². The molecule has 0 bridgehead atoms. The highest BCUT2D eigenvalue weighted by atomic mass is 19.4. The molecular formula is C15H23F3N2O. The van der Waals surface area contributed by atoms with Gasteiger partial charge < -0.3 is 10.2 Å². The summed E-state index contributed by atoms with van der Waals surface area (Å²) in [6.45, 7) is 5.19. The van der Waals surface area contributed by atoms with Gasteiger partial charge in [-0.2, -0.15) is 13.2 Å². The highest BCUT2D eigenvalue weighted by molar-refractivity contribution is 5.83. The Morgan fingerprint density at radius 2 is 1.86 bits per heavy atom. The molecule has 2 atom stereocenters. The second kappa shape index (κ2) is 4.61. The molecule has 2 aliphatic heterocycles. The van der Waals surface area contributed by atoms with Gasteiger partial charge >= 0.3 is 6.18 Å². The molecule has 3 aliphatic rings. The first-order valence-corrected chi connectivity index (χ1v) is 7.77. The number of nitrogens with one attached hydrogen (secondary N) is 1. The van der Waals surface area contributed by atoms with Crippen LogP contribution in [0, 0.1) is 17.3 Å². The summed E-state index contributed by atoms with van der Waals surface area (Å²) in [4.78, 5) is 14.2. The van der Waals surface area contributed by atoms with Gasteiger partial charge in [0.2, 0.25) is 5.91 Å². The zero-order chi connectivity index (χ0) is 15.5. The highest BCUT2D eigenvalue weighted by Gasteiger charge is 2.63. The molecule has 0 aromatic heterocycles. The van der Waals surface area contributed by atoms with E-state index in [9.17, 15) is 18.0 Å². The number of hydrogen-bond acceptors (Lipinski definition) is 2. The van der Waals surface area contributed by atoms with E-state index in [1.807, 2.05) is 0 Å². The maximum atomic E-state index is 13.1. The normalized spacial score (nSPS) is 34.2.